The number of para-hydroxylation sites is 1. The minimum absolute atomic E-state index is 0.0886. The van der Waals surface area contributed by atoms with Gasteiger partial charge in [0.05, 0.1) is 10.5 Å². The fraction of sp³-hybridized carbons (Fsp3) is 0.333. The molecule has 36 heavy (non-hydrogen) atoms. The molecular weight excluding hydrogens is 490 g/mol. The predicted molar refractivity (Wildman–Crippen MR) is 150 cm³/mol. The molecular formula is C27H27N5O2S2. The maximum Gasteiger partial charge on any atom is 0.267 e. The van der Waals surface area contributed by atoms with Crippen molar-refractivity contribution >= 4 is 57.4 Å². The molecule has 1 saturated carbocycles. The van der Waals surface area contributed by atoms with Gasteiger partial charge in [0.25, 0.3) is 11.5 Å². The van der Waals surface area contributed by atoms with Crippen LogP contribution in [0.15, 0.2) is 64.4 Å². The lowest BCUT2D eigenvalue weighted by Gasteiger charge is -2.37. The zero-order valence-corrected chi connectivity index (χ0v) is 21.5. The van der Waals surface area contributed by atoms with Gasteiger partial charge in [0.1, 0.15) is 15.8 Å². The van der Waals surface area contributed by atoms with E-state index in [0.29, 0.717) is 26.3 Å². The molecule has 0 radical (unpaired) electrons. The summed E-state index contributed by atoms with van der Waals surface area (Å²) in [6.07, 6.45) is 7.66. The van der Waals surface area contributed by atoms with Gasteiger partial charge >= 0.3 is 0 Å². The van der Waals surface area contributed by atoms with Crippen LogP contribution in [-0.2, 0) is 4.79 Å². The second-order valence-electron chi connectivity index (χ2n) is 9.38. The predicted octanol–water partition coefficient (Wildman–Crippen LogP) is 4.16. The third-order valence-electron chi connectivity index (χ3n) is 7.24. The largest absolute Gasteiger partial charge is 0.368 e. The van der Waals surface area contributed by atoms with Gasteiger partial charge in [0.2, 0.25) is 0 Å². The standard InChI is InChI=1S/C27H27N5O2S2/c33-25-21(18-22-26(34)32(27(35)36-22)20-10-4-5-11-20)24(28-23-12-6-7-13-31(23)25)30-16-14-29(15-17-30)19-8-2-1-3-9-19/h1-3,6-9,12-13,18,20H,4-5,10-11,14-17H2/b22-18-. The molecule has 0 bridgehead atoms. The number of benzene rings is 1. The van der Waals surface area contributed by atoms with Crippen LogP contribution in [0.1, 0.15) is 31.2 Å². The molecule has 3 aromatic rings. The van der Waals surface area contributed by atoms with E-state index in [9.17, 15) is 9.59 Å². The smallest absolute Gasteiger partial charge is 0.267 e. The van der Waals surface area contributed by atoms with E-state index in [1.165, 1.54) is 17.4 Å². The molecule has 2 saturated heterocycles. The molecule has 1 aliphatic carbocycles. The first kappa shape index (κ1) is 23.2. The van der Waals surface area contributed by atoms with Crippen LogP contribution in [0.5, 0.6) is 0 Å². The number of aromatic nitrogens is 2. The highest BCUT2D eigenvalue weighted by atomic mass is 32.2. The Bertz CT molecular complexity index is 1410. The summed E-state index contributed by atoms with van der Waals surface area (Å²) in [5.74, 6) is 0.541. The zero-order valence-electron chi connectivity index (χ0n) is 19.9. The number of pyridine rings is 1. The number of fused-ring (bicyclic) bond motifs is 1. The van der Waals surface area contributed by atoms with Crippen molar-refractivity contribution < 1.29 is 4.79 Å². The lowest BCUT2D eigenvalue weighted by Crippen LogP contribution is -2.47. The summed E-state index contributed by atoms with van der Waals surface area (Å²) < 4.78 is 2.14. The van der Waals surface area contributed by atoms with Crippen molar-refractivity contribution in [2.75, 3.05) is 36.0 Å². The van der Waals surface area contributed by atoms with Crippen LogP contribution in [0.25, 0.3) is 11.7 Å². The Morgan fingerprint density at radius 3 is 2.36 bits per heavy atom. The van der Waals surface area contributed by atoms with E-state index < -0.39 is 0 Å². The molecule has 9 heteroatoms. The van der Waals surface area contributed by atoms with E-state index in [0.717, 1.165) is 51.9 Å². The summed E-state index contributed by atoms with van der Waals surface area (Å²) in [7, 11) is 0. The monoisotopic (exact) mass is 517 g/mol. The average molecular weight is 518 g/mol. The van der Waals surface area contributed by atoms with Crippen LogP contribution in [0.3, 0.4) is 0 Å². The van der Waals surface area contributed by atoms with Gasteiger partial charge in [-0.15, -0.1) is 0 Å². The number of nitrogens with zero attached hydrogens (tertiary/aromatic N) is 5. The molecule has 1 amide bonds. The number of thioether (sulfide) groups is 1. The fourth-order valence-corrected chi connectivity index (χ4v) is 6.74. The molecule has 3 aliphatic rings. The molecule has 1 aromatic carbocycles. The van der Waals surface area contributed by atoms with Gasteiger partial charge < -0.3 is 9.80 Å². The lowest BCUT2D eigenvalue weighted by molar-refractivity contribution is -0.123. The number of hydrogen-bond acceptors (Lipinski definition) is 7. The number of thiocarbonyl (C=S) groups is 1. The molecule has 0 N–H and O–H groups in total. The van der Waals surface area contributed by atoms with E-state index in [2.05, 4.69) is 21.9 Å². The summed E-state index contributed by atoms with van der Waals surface area (Å²) in [4.78, 5) is 38.7. The van der Waals surface area contributed by atoms with Crippen molar-refractivity contribution in [2.24, 2.45) is 0 Å². The van der Waals surface area contributed by atoms with E-state index in [1.54, 1.807) is 21.6 Å². The summed E-state index contributed by atoms with van der Waals surface area (Å²) >= 11 is 6.88. The van der Waals surface area contributed by atoms with Crippen LogP contribution < -0.4 is 15.4 Å². The van der Waals surface area contributed by atoms with Gasteiger partial charge in [-0.1, -0.05) is 61.1 Å². The minimum atomic E-state index is -0.174. The second kappa shape index (κ2) is 9.71. The number of hydrogen-bond donors (Lipinski definition) is 0. The zero-order chi connectivity index (χ0) is 24.6. The summed E-state index contributed by atoms with van der Waals surface area (Å²) in [6, 6.07) is 16.1. The molecule has 4 heterocycles. The van der Waals surface area contributed by atoms with E-state index in [1.807, 2.05) is 36.4 Å². The van der Waals surface area contributed by atoms with Gasteiger partial charge in [-0.05, 0) is 43.2 Å². The molecule has 0 unspecified atom stereocenters. The minimum Gasteiger partial charge on any atom is -0.368 e. The first-order valence-electron chi connectivity index (χ1n) is 12.4. The van der Waals surface area contributed by atoms with Crippen LogP contribution in [-0.4, -0.2) is 56.7 Å². The van der Waals surface area contributed by atoms with Crippen molar-refractivity contribution in [1.29, 1.82) is 0 Å². The SMILES string of the molecule is O=C1/C(=C/c2c(N3CCN(c4ccccc4)CC3)nc3ccccn3c2=O)SC(=S)N1C1CCCC1. The molecule has 2 aliphatic heterocycles. The van der Waals surface area contributed by atoms with Gasteiger partial charge in [0, 0.05) is 44.1 Å². The Hall–Kier alpha value is -3.17. The van der Waals surface area contributed by atoms with Gasteiger partial charge in [-0.25, -0.2) is 4.98 Å². The first-order valence-corrected chi connectivity index (χ1v) is 13.7. The first-order chi connectivity index (χ1) is 17.6. The number of amides is 1. The topological polar surface area (TPSA) is 61.2 Å². The lowest BCUT2D eigenvalue weighted by atomic mass is 10.2. The summed E-state index contributed by atoms with van der Waals surface area (Å²) in [5, 5.41) is 0. The van der Waals surface area contributed by atoms with Gasteiger partial charge in [0.15, 0.2) is 0 Å². The highest BCUT2D eigenvalue weighted by Gasteiger charge is 2.38. The number of anilines is 2. The Kier molecular flexibility index (Phi) is 6.27. The molecule has 2 aromatic heterocycles. The Labute approximate surface area is 219 Å². The van der Waals surface area contributed by atoms with E-state index >= 15 is 0 Å². The van der Waals surface area contributed by atoms with Gasteiger partial charge in [-0.3, -0.25) is 18.9 Å². The third-order valence-corrected chi connectivity index (χ3v) is 8.57. The van der Waals surface area contributed by atoms with Crippen LogP contribution in [0.2, 0.25) is 0 Å². The average Bonchev–Trinajstić information content (AvgIpc) is 3.53. The summed E-state index contributed by atoms with van der Waals surface area (Å²) in [5.41, 5.74) is 2.06. The van der Waals surface area contributed by atoms with Gasteiger partial charge in [-0.2, -0.15) is 0 Å². The third kappa shape index (κ3) is 4.20. The summed E-state index contributed by atoms with van der Waals surface area (Å²) in [6.45, 7) is 3.11. The number of carbonyl (C=O) groups excluding carboxylic acids is 1. The molecule has 0 spiro atoms. The maximum absolute atomic E-state index is 13.7. The van der Waals surface area contributed by atoms with Crippen molar-refractivity contribution in [3.8, 4) is 0 Å². The molecule has 6 rings (SSSR count). The number of piperazine rings is 1. The maximum atomic E-state index is 13.7. The van der Waals surface area contributed by atoms with Crippen molar-refractivity contribution in [2.45, 2.75) is 31.7 Å². The normalized spacial score (nSPS) is 20.3. The van der Waals surface area contributed by atoms with Crippen LogP contribution >= 0.6 is 24.0 Å². The number of carbonyl (C=O) groups is 1. The van der Waals surface area contributed by atoms with Crippen molar-refractivity contribution in [3.05, 3.63) is 75.6 Å². The highest BCUT2D eigenvalue weighted by Crippen LogP contribution is 2.38. The molecule has 184 valence electrons. The van der Waals surface area contributed by atoms with Crippen LogP contribution in [0, 0.1) is 0 Å². The van der Waals surface area contributed by atoms with E-state index in [-0.39, 0.29) is 17.5 Å². The molecule has 7 nitrogen and oxygen atoms in total. The molecule has 3 fully saturated rings. The quantitative estimate of drug-likeness (QED) is 0.380. The van der Waals surface area contributed by atoms with Crippen molar-refractivity contribution in [1.82, 2.24) is 14.3 Å². The van der Waals surface area contributed by atoms with Crippen LogP contribution in [0.4, 0.5) is 11.5 Å². The Morgan fingerprint density at radius 2 is 1.61 bits per heavy atom. The van der Waals surface area contributed by atoms with Crippen molar-refractivity contribution in [3.63, 3.8) is 0 Å². The van der Waals surface area contributed by atoms with E-state index in [4.69, 9.17) is 17.2 Å². The second-order valence-corrected chi connectivity index (χ2v) is 11.1. The highest BCUT2D eigenvalue weighted by molar-refractivity contribution is 8.26. The fourth-order valence-electron chi connectivity index (χ4n) is 5.36. The Morgan fingerprint density at radius 1 is 0.917 bits per heavy atom. The Balaban J connectivity index is 1.36. The number of rotatable bonds is 4. The molecule has 0 atom stereocenters.